The van der Waals surface area contributed by atoms with E-state index in [-0.39, 0.29) is 17.4 Å². The zero-order valence-corrected chi connectivity index (χ0v) is 21.6. The summed E-state index contributed by atoms with van der Waals surface area (Å²) in [5.41, 5.74) is 5.58. The van der Waals surface area contributed by atoms with Crippen molar-refractivity contribution in [3.8, 4) is 11.3 Å². The number of anilines is 1. The Morgan fingerprint density at radius 2 is 1.66 bits per heavy atom. The Morgan fingerprint density at radius 1 is 0.947 bits per heavy atom. The van der Waals surface area contributed by atoms with E-state index in [0.717, 1.165) is 22.3 Å². The van der Waals surface area contributed by atoms with Gasteiger partial charge in [-0.15, -0.1) is 0 Å². The van der Waals surface area contributed by atoms with E-state index in [2.05, 4.69) is 15.6 Å². The lowest BCUT2D eigenvalue weighted by Crippen LogP contribution is -2.25. The van der Waals surface area contributed by atoms with Crippen LogP contribution < -0.4 is 16.1 Å². The third kappa shape index (κ3) is 5.06. The van der Waals surface area contributed by atoms with Gasteiger partial charge in [-0.05, 0) is 50.1 Å². The van der Waals surface area contributed by atoms with Crippen LogP contribution in [0.1, 0.15) is 45.7 Å². The molecule has 0 aliphatic rings. The Bertz CT molecular complexity index is 1660. The minimum Gasteiger partial charge on any atom is -0.455 e. The lowest BCUT2D eigenvalue weighted by molar-refractivity contribution is 0.0946. The molecule has 5 rings (SSSR count). The summed E-state index contributed by atoms with van der Waals surface area (Å²) in [5, 5.41) is 6.92. The van der Waals surface area contributed by atoms with Gasteiger partial charge in [-0.3, -0.25) is 9.59 Å². The van der Waals surface area contributed by atoms with Crippen LogP contribution in [0, 0.1) is 13.8 Å². The van der Waals surface area contributed by atoms with E-state index in [1.165, 1.54) is 0 Å². The fraction of sp³-hybridized carbons (Fsp3) is 0.156. The van der Waals surface area contributed by atoms with Gasteiger partial charge in [0.25, 0.3) is 5.91 Å². The smallest absolute Gasteiger partial charge is 0.272 e. The predicted octanol–water partition coefficient (Wildman–Crippen LogP) is 6.57. The van der Waals surface area contributed by atoms with Gasteiger partial charge < -0.3 is 15.1 Å². The first-order valence-corrected chi connectivity index (χ1v) is 12.6. The number of carbonyl (C=O) groups excluding carboxylic acids is 1. The molecule has 0 spiro atoms. The van der Waals surface area contributed by atoms with Gasteiger partial charge in [0.1, 0.15) is 11.3 Å². The van der Waals surface area contributed by atoms with E-state index in [1.807, 2.05) is 92.7 Å². The number of benzene rings is 3. The summed E-state index contributed by atoms with van der Waals surface area (Å²) in [6.07, 6.45) is 1.60. The van der Waals surface area contributed by atoms with Crippen molar-refractivity contribution in [2.24, 2.45) is 0 Å². The Morgan fingerprint density at radius 3 is 2.39 bits per heavy atom. The highest BCUT2D eigenvalue weighted by Crippen LogP contribution is 2.32. The molecule has 2 heterocycles. The van der Waals surface area contributed by atoms with E-state index < -0.39 is 0 Å². The Balaban J connectivity index is 1.50. The Labute approximate surface area is 221 Å². The van der Waals surface area contributed by atoms with Crippen molar-refractivity contribution in [2.75, 3.05) is 5.32 Å². The van der Waals surface area contributed by atoms with Gasteiger partial charge in [-0.25, -0.2) is 4.98 Å². The third-order valence-corrected chi connectivity index (χ3v) is 6.59. The number of aryl methyl sites for hydroxylation is 1. The number of fused-ring (bicyclic) bond motifs is 1. The van der Waals surface area contributed by atoms with E-state index in [9.17, 15) is 9.59 Å². The van der Waals surface area contributed by atoms with Crippen LogP contribution in [0.15, 0.2) is 100 Å². The van der Waals surface area contributed by atoms with Crippen LogP contribution in [-0.4, -0.2) is 10.9 Å². The van der Waals surface area contributed by atoms with Crippen LogP contribution in [-0.2, 0) is 6.54 Å². The van der Waals surface area contributed by atoms with Crippen LogP contribution in [0.3, 0.4) is 0 Å². The standard InChI is InChI=1S/C32H29N3O3/c1-20-17-25(31-26(18-20)29(36)21(2)30(38-31)24-13-8-5-9-14-24)22(3)35-27-15-10-16-33-28(27)32(37)34-19-23-11-6-4-7-12-23/h4-18,22,35H,19H2,1-3H3,(H,34,37)/t22-/m1/s1. The zero-order valence-electron chi connectivity index (χ0n) is 21.6. The summed E-state index contributed by atoms with van der Waals surface area (Å²) in [5.74, 6) is 0.287. The summed E-state index contributed by atoms with van der Waals surface area (Å²) < 4.78 is 6.43. The van der Waals surface area contributed by atoms with Crippen LogP contribution in [0.5, 0.6) is 0 Å². The van der Waals surface area contributed by atoms with Crippen LogP contribution in [0.25, 0.3) is 22.3 Å². The van der Waals surface area contributed by atoms with Gasteiger partial charge in [-0.1, -0.05) is 66.7 Å². The first-order valence-electron chi connectivity index (χ1n) is 12.6. The van der Waals surface area contributed by atoms with Gasteiger partial charge in [0.2, 0.25) is 0 Å². The molecule has 6 nitrogen and oxygen atoms in total. The van der Waals surface area contributed by atoms with Gasteiger partial charge in [-0.2, -0.15) is 0 Å². The summed E-state index contributed by atoms with van der Waals surface area (Å²) in [4.78, 5) is 30.8. The molecule has 38 heavy (non-hydrogen) atoms. The van der Waals surface area contributed by atoms with Crippen molar-refractivity contribution >= 4 is 22.6 Å². The molecule has 0 aliphatic heterocycles. The number of nitrogens with one attached hydrogen (secondary N) is 2. The van der Waals surface area contributed by atoms with Gasteiger partial charge in [0, 0.05) is 29.4 Å². The number of hydrogen-bond acceptors (Lipinski definition) is 5. The maximum absolute atomic E-state index is 13.4. The normalized spacial score (nSPS) is 11.8. The third-order valence-electron chi connectivity index (χ3n) is 6.59. The quantitative estimate of drug-likeness (QED) is 0.262. The molecule has 0 unspecified atom stereocenters. The van der Waals surface area contributed by atoms with Crippen molar-refractivity contribution in [3.05, 3.63) is 129 Å². The van der Waals surface area contributed by atoms with E-state index in [1.54, 1.807) is 19.2 Å². The summed E-state index contributed by atoms with van der Waals surface area (Å²) in [6.45, 7) is 6.14. The van der Waals surface area contributed by atoms with Gasteiger partial charge >= 0.3 is 0 Å². The van der Waals surface area contributed by atoms with Crippen molar-refractivity contribution < 1.29 is 9.21 Å². The molecule has 0 fully saturated rings. The SMILES string of the molecule is Cc1cc([C@@H](C)Nc2cccnc2C(=O)NCc2ccccc2)c2oc(-c3ccccc3)c(C)c(=O)c2c1. The average Bonchev–Trinajstić information content (AvgIpc) is 2.95. The highest BCUT2D eigenvalue weighted by Gasteiger charge is 2.21. The van der Waals surface area contributed by atoms with E-state index in [4.69, 9.17) is 4.42 Å². The topological polar surface area (TPSA) is 84.2 Å². The molecule has 0 radical (unpaired) electrons. The molecule has 0 aliphatic carbocycles. The van der Waals surface area contributed by atoms with Gasteiger partial charge in [0.05, 0.1) is 17.1 Å². The zero-order chi connectivity index (χ0) is 26.6. The summed E-state index contributed by atoms with van der Waals surface area (Å²) in [7, 11) is 0. The van der Waals surface area contributed by atoms with E-state index >= 15 is 0 Å². The fourth-order valence-corrected chi connectivity index (χ4v) is 4.63. The Hall–Kier alpha value is -4.71. The molecule has 0 saturated heterocycles. The van der Waals surface area contributed by atoms with Crippen molar-refractivity contribution in [3.63, 3.8) is 0 Å². The summed E-state index contributed by atoms with van der Waals surface area (Å²) >= 11 is 0. The number of hydrogen-bond donors (Lipinski definition) is 2. The number of nitrogens with zero attached hydrogens (tertiary/aromatic N) is 1. The molecule has 0 saturated carbocycles. The average molecular weight is 504 g/mol. The largest absolute Gasteiger partial charge is 0.455 e. The molecule has 1 amide bonds. The molecule has 190 valence electrons. The first-order chi connectivity index (χ1) is 18.4. The molecule has 2 aromatic heterocycles. The van der Waals surface area contributed by atoms with Crippen molar-refractivity contribution in [1.82, 2.24) is 10.3 Å². The van der Waals surface area contributed by atoms with Crippen molar-refractivity contribution in [1.29, 1.82) is 0 Å². The molecule has 0 bridgehead atoms. The molecular weight excluding hydrogens is 474 g/mol. The van der Waals surface area contributed by atoms with Gasteiger partial charge in [0.15, 0.2) is 11.1 Å². The second kappa shape index (κ2) is 10.7. The fourth-order valence-electron chi connectivity index (χ4n) is 4.63. The van der Waals surface area contributed by atoms with Crippen LogP contribution in [0.4, 0.5) is 5.69 Å². The second-order valence-corrected chi connectivity index (χ2v) is 9.42. The Kier molecular flexibility index (Phi) is 7.05. The molecule has 6 heteroatoms. The molecule has 5 aromatic rings. The molecule has 2 N–H and O–H groups in total. The number of aromatic nitrogens is 1. The molecule has 1 atom stereocenters. The highest BCUT2D eigenvalue weighted by molar-refractivity contribution is 5.97. The maximum atomic E-state index is 13.4. The number of rotatable bonds is 7. The van der Waals surface area contributed by atoms with E-state index in [0.29, 0.717) is 40.2 Å². The molecular formula is C32H29N3O3. The number of pyridine rings is 1. The second-order valence-electron chi connectivity index (χ2n) is 9.42. The summed E-state index contributed by atoms with van der Waals surface area (Å²) in [6, 6.07) is 26.6. The predicted molar refractivity (Wildman–Crippen MR) is 151 cm³/mol. The minimum absolute atomic E-state index is 0.0513. The number of amides is 1. The first kappa shape index (κ1) is 25.0. The number of carbonyl (C=O) groups is 1. The minimum atomic E-state index is -0.281. The van der Waals surface area contributed by atoms with Crippen LogP contribution in [0.2, 0.25) is 0 Å². The lowest BCUT2D eigenvalue weighted by atomic mass is 9.98. The molecule has 3 aromatic carbocycles. The maximum Gasteiger partial charge on any atom is 0.272 e. The highest BCUT2D eigenvalue weighted by atomic mass is 16.3. The van der Waals surface area contributed by atoms with Crippen LogP contribution >= 0.6 is 0 Å². The monoisotopic (exact) mass is 503 g/mol. The lowest BCUT2D eigenvalue weighted by Gasteiger charge is -2.20. The van der Waals surface area contributed by atoms with Crippen molar-refractivity contribution in [2.45, 2.75) is 33.4 Å².